The van der Waals surface area contributed by atoms with Crippen LogP contribution >= 0.6 is 0 Å². The molecule has 0 spiro atoms. The van der Waals surface area contributed by atoms with Crippen LogP contribution in [0.2, 0.25) is 0 Å². The van der Waals surface area contributed by atoms with Crippen LogP contribution in [0, 0.1) is 0 Å². The van der Waals surface area contributed by atoms with Crippen LogP contribution in [0.15, 0.2) is 79.5 Å². The van der Waals surface area contributed by atoms with E-state index >= 15 is 0 Å². The molecule has 0 saturated carbocycles. The summed E-state index contributed by atoms with van der Waals surface area (Å²) in [4.78, 5) is 18.0. The number of aromatic nitrogens is 5. The number of hydrogen-bond donors (Lipinski definition) is 1. The van der Waals surface area contributed by atoms with Gasteiger partial charge in [0.15, 0.2) is 5.69 Å². The Morgan fingerprint density at radius 2 is 1.81 bits per heavy atom. The van der Waals surface area contributed by atoms with Crippen molar-refractivity contribution >= 4 is 5.91 Å². The van der Waals surface area contributed by atoms with E-state index in [2.05, 4.69) is 20.5 Å². The molecule has 27 heavy (non-hydrogen) atoms. The molecule has 4 rings (SSSR count). The fourth-order valence-electron chi connectivity index (χ4n) is 2.75. The predicted molar refractivity (Wildman–Crippen MR) is 101 cm³/mol. The molecule has 2 heterocycles. The number of para-hydroxylation sites is 1. The first-order valence-corrected chi connectivity index (χ1v) is 8.57. The van der Waals surface area contributed by atoms with E-state index in [4.69, 9.17) is 0 Å². The Hall–Kier alpha value is -3.74. The lowest BCUT2D eigenvalue weighted by atomic mass is 10.1. The summed E-state index contributed by atoms with van der Waals surface area (Å²) >= 11 is 0. The summed E-state index contributed by atoms with van der Waals surface area (Å²) in [5.41, 5.74) is 3.10. The largest absolute Gasteiger partial charge is 0.344 e. The summed E-state index contributed by atoms with van der Waals surface area (Å²) in [5.74, 6) is -0.261. The number of rotatable bonds is 5. The van der Waals surface area contributed by atoms with Crippen molar-refractivity contribution in [2.24, 2.45) is 0 Å². The summed E-state index contributed by atoms with van der Waals surface area (Å²) in [6.45, 7) is 1.94. The molecule has 1 unspecified atom stereocenters. The molecule has 134 valence electrons. The summed E-state index contributed by atoms with van der Waals surface area (Å²) in [6.07, 6.45) is 6.84. The van der Waals surface area contributed by atoms with Crippen LogP contribution in [-0.4, -0.2) is 30.5 Å². The van der Waals surface area contributed by atoms with Gasteiger partial charge in [0, 0.05) is 18.1 Å². The van der Waals surface area contributed by atoms with E-state index in [-0.39, 0.29) is 17.6 Å². The maximum Gasteiger partial charge on any atom is 0.273 e. The molecular formula is C20H18N6O. The molecule has 0 fully saturated rings. The second kappa shape index (κ2) is 7.25. The third-order valence-corrected chi connectivity index (χ3v) is 4.25. The zero-order valence-electron chi connectivity index (χ0n) is 14.7. The van der Waals surface area contributed by atoms with Gasteiger partial charge in [-0.1, -0.05) is 30.3 Å². The maximum atomic E-state index is 12.5. The van der Waals surface area contributed by atoms with Crippen LogP contribution in [0.3, 0.4) is 0 Å². The Kier molecular flexibility index (Phi) is 4.49. The molecule has 2 aromatic carbocycles. The topological polar surface area (TPSA) is 77.6 Å². The minimum absolute atomic E-state index is 0.156. The third-order valence-electron chi connectivity index (χ3n) is 4.25. The van der Waals surface area contributed by atoms with Gasteiger partial charge in [0.25, 0.3) is 5.91 Å². The first kappa shape index (κ1) is 16.7. The van der Waals surface area contributed by atoms with E-state index in [0.717, 1.165) is 16.9 Å². The second-order valence-corrected chi connectivity index (χ2v) is 6.11. The summed E-state index contributed by atoms with van der Waals surface area (Å²) < 4.78 is 1.93. The molecule has 1 N–H and O–H groups in total. The van der Waals surface area contributed by atoms with E-state index in [0.29, 0.717) is 0 Å². The quantitative estimate of drug-likeness (QED) is 0.595. The molecule has 0 aliphatic heterocycles. The van der Waals surface area contributed by atoms with Gasteiger partial charge in [0.2, 0.25) is 0 Å². The lowest BCUT2D eigenvalue weighted by Gasteiger charge is -2.14. The molecule has 0 saturated heterocycles. The highest BCUT2D eigenvalue weighted by Crippen LogP contribution is 2.16. The number of benzene rings is 2. The first-order valence-electron chi connectivity index (χ1n) is 8.57. The van der Waals surface area contributed by atoms with Gasteiger partial charge in [-0.25, -0.2) is 4.98 Å². The van der Waals surface area contributed by atoms with Crippen molar-refractivity contribution in [1.29, 1.82) is 0 Å². The maximum absolute atomic E-state index is 12.5. The first-order chi connectivity index (χ1) is 13.2. The molecule has 0 radical (unpaired) electrons. The van der Waals surface area contributed by atoms with Gasteiger partial charge in [-0.2, -0.15) is 9.90 Å². The van der Waals surface area contributed by atoms with Gasteiger partial charge in [-0.15, -0.1) is 5.10 Å². The van der Waals surface area contributed by atoms with Crippen molar-refractivity contribution in [3.63, 3.8) is 0 Å². The average molecular weight is 358 g/mol. The molecule has 0 aliphatic rings. The molecule has 0 aliphatic carbocycles. The number of nitrogens with one attached hydrogen (secondary N) is 1. The number of amides is 1. The smallest absolute Gasteiger partial charge is 0.273 e. The lowest BCUT2D eigenvalue weighted by Crippen LogP contribution is -2.27. The van der Waals surface area contributed by atoms with Gasteiger partial charge in [-0.3, -0.25) is 4.79 Å². The van der Waals surface area contributed by atoms with Gasteiger partial charge < -0.3 is 9.88 Å². The van der Waals surface area contributed by atoms with Gasteiger partial charge in [-0.05, 0) is 36.8 Å². The van der Waals surface area contributed by atoms with E-state index in [1.165, 1.54) is 11.0 Å². The number of imidazole rings is 1. The number of hydrogen-bond acceptors (Lipinski definition) is 4. The van der Waals surface area contributed by atoms with Crippen LogP contribution in [0.25, 0.3) is 11.4 Å². The molecule has 2 aromatic heterocycles. The van der Waals surface area contributed by atoms with E-state index in [9.17, 15) is 4.79 Å². The van der Waals surface area contributed by atoms with Crippen LogP contribution < -0.4 is 5.32 Å². The van der Waals surface area contributed by atoms with Crippen LogP contribution in [0.5, 0.6) is 0 Å². The van der Waals surface area contributed by atoms with Crippen molar-refractivity contribution in [3.05, 3.63) is 90.8 Å². The van der Waals surface area contributed by atoms with Crippen LogP contribution in [0.1, 0.15) is 29.0 Å². The standard InChI is InChI=1S/C20H18N6O/c1-15(16-7-9-17(10-8-16)25-12-11-21-14-25)23-20(27)19-13-22-26(24-19)18-5-3-2-4-6-18/h2-15H,1H3,(H,23,27). The number of carbonyl (C=O) groups excluding carboxylic acids is 1. The lowest BCUT2D eigenvalue weighted by molar-refractivity contribution is 0.0934. The molecule has 1 amide bonds. The van der Waals surface area contributed by atoms with Crippen molar-refractivity contribution in [2.45, 2.75) is 13.0 Å². The average Bonchev–Trinajstić information content (AvgIpc) is 3.41. The zero-order valence-corrected chi connectivity index (χ0v) is 14.7. The summed E-state index contributed by atoms with van der Waals surface area (Å²) in [7, 11) is 0. The predicted octanol–water partition coefficient (Wildman–Crippen LogP) is 2.94. The molecule has 0 bridgehead atoms. The molecule has 4 aromatic rings. The van der Waals surface area contributed by atoms with Crippen LogP contribution in [-0.2, 0) is 0 Å². The Morgan fingerprint density at radius 1 is 1.04 bits per heavy atom. The Bertz CT molecular complexity index is 1020. The number of carbonyl (C=O) groups is 1. The van der Waals surface area contributed by atoms with Crippen molar-refractivity contribution in [2.75, 3.05) is 0 Å². The van der Waals surface area contributed by atoms with Gasteiger partial charge in [0.05, 0.1) is 24.3 Å². The highest BCUT2D eigenvalue weighted by molar-refractivity contribution is 5.92. The highest BCUT2D eigenvalue weighted by Gasteiger charge is 2.15. The summed E-state index contributed by atoms with van der Waals surface area (Å²) in [5, 5.41) is 11.4. The number of nitrogens with zero attached hydrogens (tertiary/aromatic N) is 5. The normalized spacial score (nSPS) is 11.9. The minimum Gasteiger partial charge on any atom is -0.344 e. The molecular weight excluding hydrogens is 340 g/mol. The van der Waals surface area contributed by atoms with Gasteiger partial charge in [0.1, 0.15) is 0 Å². The van der Waals surface area contributed by atoms with E-state index < -0.39 is 0 Å². The fourth-order valence-corrected chi connectivity index (χ4v) is 2.75. The Balaban J connectivity index is 1.44. The highest BCUT2D eigenvalue weighted by atomic mass is 16.2. The zero-order chi connectivity index (χ0) is 18.6. The molecule has 1 atom stereocenters. The van der Waals surface area contributed by atoms with E-state index in [1.54, 1.807) is 12.5 Å². The van der Waals surface area contributed by atoms with E-state index in [1.807, 2.05) is 72.3 Å². The van der Waals surface area contributed by atoms with Crippen LogP contribution in [0.4, 0.5) is 0 Å². The minimum atomic E-state index is -0.261. The van der Waals surface area contributed by atoms with Crippen molar-refractivity contribution in [1.82, 2.24) is 29.9 Å². The van der Waals surface area contributed by atoms with Gasteiger partial charge >= 0.3 is 0 Å². The molecule has 7 nitrogen and oxygen atoms in total. The second-order valence-electron chi connectivity index (χ2n) is 6.11. The Labute approximate surface area is 156 Å². The fraction of sp³-hybridized carbons (Fsp3) is 0.100. The Morgan fingerprint density at radius 3 is 2.52 bits per heavy atom. The van der Waals surface area contributed by atoms with Crippen molar-refractivity contribution < 1.29 is 4.79 Å². The summed E-state index contributed by atoms with van der Waals surface area (Å²) in [6, 6.07) is 17.3. The van der Waals surface area contributed by atoms with Crippen molar-refractivity contribution in [3.8, 4) is 11.4 Å². The monoisotopic (exact) mass is 358 g/mol. The molecule has 7 heteroatoms. The SMILES string of the molecule is CC(NC(=O)c1cnn(-c2ccccc2)n1)c1ccc(-n2ccnc2)cc1. The third kappa shape index (κ3) is 3.62.